The molecule has 0 atom stereocenters. The van der Waals surface area contributed by atoms with E-state index in [0.29, 0.717) is 17.5 Å². The molecule has 0 bridgehead atoms. The van der Waals surface area contributed by atoms with Gasteiger partial charge in [-0.3, -0.25) is 0 Å². The van der Waals surface area contributed by atoms with Crippen LogP contribution in [0.5, 0.6) is 0 Å². The molecule has 0 aliphatic carbocycles. The topological polar surface area (TPSA) is 37.3 Å². The highest BCUT2D eigenvalue weighted by Gasteiger charge is 2.23. The summed E-state index contributed by atoms with van der Waals surface area (Å²) in [6.07, 6.45) is 1.68. The molecule has 138 valence electrons. The van der Waals surface area contributed by atoms with Crippen LogP contribution in [0.3, 0.4) is 0 Å². The summed E-state index contributed by atoms with van der Waals surface area (Å²) in [6.45, 7) is 3.60. The molecular formula is C20H18Cl2F2O2. The van der Waals surface area contributed by atoms with Crippen LogP contribution >= 0.6 is 23.2 Å². The molecule has 0 saturated heterocycles. The van der Waals surface area contributed by atoms with Crippen LogP contribution in [0.15, 0.2) is 35.9 Å². The zero-order valence-corrected chi connectivity index (χ0v) is 15.9. The van der Waals surface area contributed by atoms with Gasteiger partial charge in [0.15, 0.2) is 0 Å². The number of carboxylic acids is 1. The van der Waals surface area contributed by atoms with E-state index >= 15 is 0 Å². The lowest BCUT2D eigenvalue weighted by Gasteiger charge is -2.18. The van der Waals surface area contributed by atoms with E-state index in [-0.39, 0.29) is 33.2 Å². The van der Waals surface area contributed by atoms with Gasteiger partial charge in [0.25, 0.3) is 0 Å². The van der Waals surface area contributed by atoms with E-state index in [1.165, 1.54) is 24.3 Å². The first kappa shape index (κ1) is 20.4. The molecule has 0 aliphatic rings. The molecule has 0 saturated carbocycles. The van der Waals surface area contributed by atoms with Gasteiger partial charge >= 0.3 is 5.97 Å². The van der Waals surface area contributed by atoms with Crippen LogP contribution in [0.4, 0.5) is 8.78 Å². The first-order chi connectivity index (χ1) is 12.3. The third-order valence-corrected chi connectivity index (χ3v) is 4.66. The highest BCUT2D eigenvalue weighted by molar-refractivity contribution is 6.35. The Bertz CT molecular complexity index is 876. The summed E-state index contributed by atoms with van der Waals surface area (Å²) in [5, 5.41) is 9.64. The molecule has 0 radical (unpaired) electrons. The van der Waals surface area contributed by atoms with Crippen molar-refractivity contribution in [3.05, 3.63) is 74.3 Å². The van der Waals surface area contributed by atoms with E-state index < -0.39 is 17.6 Å². The van der Waals surface area contributed by atoms with Crippen molar-refractivity contribution >= 4 is 34.7 Å². The molecule has 0 fully saturated rings. The van der Waals surface area contributed by atoms with E-state index in [0.717, 1.165) is 12.5 Å². The number of carboxylic acid groups (broad SMARTS) is 1. The van der Waals surface area contributed by atoms with Gasteiger partial charge in [0.1, 0.15) is 11.6 Å². The zero-order chi connectivity index (χ0) is 19.4. The monoisotopic (exact) mass is 398 g/mol. The predicted molar refractivity (Wildman–Crippen MR) is 101 cm³/mol. The van der Waals surface area contributed by atoms with Crippen LogP contribution in [0, 0.1) is 18.6 Å². The number of hydrogen-bond donors (Lipinski definition) is 1. The van der Waals surface area contributed by atoms with E-state index in [1.807, 2.05) is 6.92 Å². The SMILES string of the molecule is CCCC/C(C(=O)O)=C(\c1ccc(F)cc1C)c1cc(Cl)cc(F)c1Cl. The number of benzene rings is 2. The largest absolute Gasteiger partial charge is 0.478 e. The molecule has 2 aromatic carbocycles. The van der Waals surface area contributed by atoms with Gasteiger partial charge in [0.05, 0.1) is 5.02 Å². The maximum atomic E-state index is 14.2. The lowest BCUT2D eigenvalue weighted by molar-refractivity contribution is -0.132. The average molecular weight is 399 g/mol. The summed E-state index contributed by atoms with van der Waals surface area (Å²) in [4.78, 5) is 12.0. The lowest BCUT2D eigenvalue weighted by Crippen LogP contribution is -2.08. The molecule has 0 heterocycles. The Morgan fingerprint density at radius 3 is 2.38 bits per heavy atom. The summed E-state index contributed by atoms with van der Waals surface area (Å²) in [5.74, 6) is -2.32. The van der Waals surface area contributed by atoms with Crippen molar-refractivity contribution in [3.8, 4) is 0 Å². The summed E-state index contributed by atoms with van der Waals surface area (Å²) >= 11 is 12.1. The van der Waals surface area contributed by atoms with Gasteiger partial charge in [-0.15, -0.1) is 0 Å². The van der Waals surface area contributed by atoms with E-state index in [1.54, 1.807) is 6.92 Å². The van der Waals surface area contributed by atoms with E-state index in [4.69, 9.17) is 23.2 Å². The number of aryl methyl sites for hydroxylation is 1. The van der Waals surface area contributed by atoms with Gasteiger partial charge in [-0.1, -0.05) is 42.6 Å². The van der Waals surface area contributed by atoms with Crippen LogP contribution in [0.1, 0.15) is 42.9 Å². The molecule has 0 aromatic heterocycles. The molecule has 26 heavy (non-hydrogen) atoms. The third-order valence-electron chi connectivity index (χ3n) is 4.06. The van der Waals surface area contributed by atoms with Crippen LogP contribution in [-0.4, -0.2) is 11.1 Å². The second-order valence-electron chi connectivity index (χ2n) is 5.97. The first-order valence-corrected chi connectivity index (χ1v) is 8.89. The fourth-order valence-corrected chi connectivity index (χ4v) is 3.22. The van der Waals surface area contributed by atoms with Crippen LogP contribution in [0.2, 0.25) is 10.0 Å². The minimum absolute atomic E-state index is 0.0881. The molecule has 0 aliphatic heterocycles. The second-order valence-corrected chi connectivity index (χ2v) is 6.79. The fourth-order valence-electron chi connectivity index (χ4n) is 2.81. The Kier molecular flexibility index (Phi) is 6.79. The number of carbonyl (C=O) groups is 1. The normalized spacial score (nSPS) is 12.1. The first-order valence-electron chi connectivity index (χ1n) is 8.14. The molecule has 2 nitrogen and oxygen atoms in total. The van der Waals surface area contributed by atoms with Crippen molar-refractivity contribution in [2.75, 3.05) is 0 Å². The number of hydrogen-bond acceptors (Lipinski definition) is 1. The Morgan fingerprint density at radius 2 is 1.81 bits per heavy atom. The van der Waals surface area contributed by atoms with E-state index in [2.05, 4.69) is 0 Å². The van der Waals surface area contributed by atoms with Gasteiger partial charge < -0.3 is 5.11 Å². The molecule has 0 spiro atoms. The Hall–Kier alpha value is -1.91. The molecule has 0 unspecified atom stereocenters. The molecule has 2 aromatic rings. The smallest absolute Gasteiger partial charge is 0.332 e. The van der Waals surface area contributed by atoms with Crippen LogP contribution in [-0.2, 0) is 4.79 Å². The standard InChI is InChI=1S/C20H18Cl2F2O2/c1-3-4-5-15(20(25)26)18(14-7-6-13(23)8-11(14)2)16-9-12(21)10-17(24)19(16)22/h6-10H,3-5H2,1-2H3,(H,25,26)/b18-15-. The van der Waals surface area contributed by atoms with Crippen molar-refractivity contribution in [1.82, 2.24) is 0 Å². The van der Waals surface area contributed by atoms with Gasteiger partial charge in [0, 0.05) is 21.7 Å². The lowest BCUT2D eigenvalue weighted by atomic mass is 9.88. The Balaban J connectivity index is 2.88. The van der Waals surface area contributed by atoms with Gasteiger partial charge in [-0.2, -0.15) is 0 Å². The highest BCUT2D eigenvalue weighted by Crippen LogP contribution is 2.38. The van der Waals surface area contributed by atoms with Crippen molar-refractivity contribution < 1.29 is 18.7 Å². The summed E-state index contributed by atoms with van der Waals surface area (Å²) in [7, 11) is 0. The third kappa shape index (κ3) is 4.43. The summed E-state index contributed by atoms with van der Waals surface area (Å²) in [5.41, 5.74) is 1.52. The zero-order valence-electron chi connectivity index (χ0n) is 14.4. The van der Waals surface area contributed by atoms with Gasteiger partial charge in [0.2, 0.25) is 0 Å². The number of rotatable bonds is 6. The van der Waals surface area contributed by atoms with Crippen molar-refractivity contribution in [1.29, 1.82) is 0 Å². The second kappa shape index (κ2) is 8.65. The van der Waals surface area contributed by atoms with Gasteiger partial charge in [-0.25, -0.2) is 13.6 Å². The van der Waals surface area contributed by atoms with Crippen molar-refractivity contribution in [3.63, 3.8) is 0 Å². The van der Waals surface area contributed by atoms with Crippen LogP contribution in [0.25, 0.3) is 5.57 Å². The van der Waals surface area contributed by atoms with E-state index in [9.17, 15) is 18.7 Å². The fraction of sp³-hybridized carbons (Fsp3) is 0.250. The Morgan fingerprint density at radius 1 is 1.12 bits per heavy atom. The predicted octanol–water partition coefficient (Wildman–Crippen LogP) is 6.66. The highest BCUT2D eigenvalue weighted by atomic mass is 35.5. The molecule has 6 heteroatoms. The molecular weight excluding hydrogens is 381 g/mol. The Labute approximate surface area is 161 Å². The summed E-state index contributed by atoms with van der Waals surface area (Å²) < 4.78 is 27.7. The minimum Gasteiger partial charge on any atom is -0.478 e. The number of unbranched alkanes of at least 4 members (excludes halogenated alkanes) is 1. The summed E-state index contributed by atoms with van der Waals surface area (Å²) in [6, 6.07) is 6.50. The quantitative estimate of drug-likeness (QED) is 0.436. The molecule has 2 rings (SSSR count). The number of aliphatic carboxylic acids is 1. The molecule has 1 N–H and O–H groups in total. The average Bonchev–Trinajstić information content (AvgIpc) is 2.56. The molecule has 0 amide bonds. The van der Waals surface area contributed by atoms with Crippen molar-refractivity contribution in [2.45, 2.75) is 33.1 Å². The van der Waals surface area contributed by atoms with Crippen molar-refractivity contribution in [2.24, 2.45) is 0 Å². The maximum absolute atomic E-state index is 14.2. The maximum Gasteiger partial charge on any atom is 0.332 e. The minimum atomic E-state index is -1.13. The number of halogens is 4. The van der Waals surface area contributed by atoms with Crippen LogP contribution < -0.4 is 0 Å². The van der Waals surface area contributed by atoms with Gasteiger partial charge in [-0.05, 0) is 55.2 Å².